The topological polar surface area (TPSA) is 35.6 Å². The van der Waals surface area contributed by atoms with Crippen molar-refractivity contribution in [1.82, 2.24) is 10.2 Å². The van der Waals surface area contributed by atoms with Crippen LogP contribution in [0.3, 0.4) is 0 Å². The minimum atomic E-state index is -4.24. The van der Waals surface area contributed by atoms with Crippen LogP contribution in [-0.2, 0) is 5.54 Å². The summed E-state index contributed by atoms with van der Waals surface area (Å²) in [6, 6.07) is 7.94. The van der Waals surface area contributed by atoms with Crippen LogP contribution < -0.4 is 10.2 Å². The molecule has 25 heavy (non-hydrogen) atoms. The van der Waals surface area contributed by atoms with E-state index in [0.29, 0.717) is 6.54 Å². The molecule has 3 aliphatic rings. The Balaban J connectivity index is 1.52. The fourth-order valence-corrected chi connectivity index (χ4v) is 4.92. The fourth-order valence-electron chi connectivity index (χ4n) is 4.92. The average Bonchev–Trinajstić information content (AvgIpc) is 2.88. The van der Waals surface area contributed by atoms with Crippen LogP contribution in [0, 0.1) is 0 Å². The summed E-state index contributed by atoms with van der Waals surface area (Å²) in [4.78, 5) is 15.8. The number of urea groups is 1. The molecule has 0 radical (unpaired) electrons. The third kappa shape index (κ3) is 2.39. The van der Waals surface area contributed by atoms with Crippen molar-refractivity contribution in [3.8, 4) is 0 Å². The van der Waals surface area contributed by atoms with Crippen molar-refractivity contribution in [2.24, 2.45) is 0 Å². The van der Waals surface area contributed by atoms with Gasteiger partial charge in [0, 0.05) is 31.4 Å². The molecular formula is C18H22F3N3O. The Bertz CT molecular complexity index is 695. The van der Waals surface area contributed by atoms with Gasteiger partial charge in [0.15, 0.2) is 0 Å². The minimum Gasteiger partial charge on any atom is -0.364 e. The van der Waals surface area contributed by atoms with E-state index >= 15 is 0 Å². The summed E-state index contributed by atoms with van der Waals surface area (Å²) in [6.07, 6.45) is -2.02. The fraction of sp³-hybridized carbons (Fsp3) is 0.611. The summed E-state index contributed by atoms with van der Waals surface area (Å²) < 4.78 is 37.9. The van der Waals surface area contributed by atoms with E-state index in [9.17, 15) is 18.0 Å². The van der Waals surface area contributed by atoms with Gasteiger partial charge < -0.3 is 15.1 Å². The number of amides is 2. The SMILES string of the molecule is CN1c2ccccc2[C@]12CC[C@]1(CC2)CNC(=O)N1CCC(F)(F)F. The molecule has 1 saturated heterocycles. The lowest BCUT2D eigenvalue weighted by Gasteiger charge is -2.59. The summed E-state index contributed by atoms with van der Waals surface area (Å²) in [6.45, 7) is 0.194. The van der Waals surface area contributed by atoms with E-state index in [0.717, 1.165) is 25.7 Å². The molecule has 2 amide bonds. The Hall–Kier alpha value is -1.92. The number of anilines is 1. The summed E-state index contributed by atoms with van der Waals surface area (Å²) in [5.41, 5.74) is 2.06. The maximum Gasteiger partial charge on any atom is 0.390 e. The lowest BCUT2D eigenvalue weighted by Crippen LogP contribution is -2.60. The molecule has 0 atom stereocenters. The Morgan fingerprint density at radius 1 is 1.16 bits per heavy atom. The first-order valence-corrected chi connectivity index (χ1v) is 8.73. The van der Waals surface area contributed by atoms with E-state index in [1.807, 2.05) is 12.1 Å². The second-order valence-corrected chi connectivity index (χ2v) is 7.51. The quantitative estimate of drug-likeness (QED) is 0.881. The van der Waals surface area contributed by atoms with Gasteiger partial charge in [0.2, 0.25) is 0 Å². The maximum atomic E-state index is 12.6. The van der Waals surface area contributed by atoms with E-state index in [-0.39, 0.29) is 18.1 Å². The predicted molar refractivity (Wildman–Crippen MR) is 88.5 cm³/mol. The van der Waals surface area contributed by atoms with Crippen molar-refractivity contribution in [2.75, 3.05) is 25.0 Å². The Morgan fingerprint density at radius 2 is 1.84 bits per heavy atom. The summed E-state index contributed by atoms with van der Waals surface area (Å²) in [5, 5.41) is 2.77. The first kappa shape index (κ1) is 16.5. The summed E-state index contributed by atoms with van der Waals surface area (Å²) >= 11 is 0. The molecule has 136 valence electrons. The number of alkyl halides is 3. The smallest absolute Gasteiger partial charge is 0.364 e. The molecule has 7 heteroatoms. The molecule has 2 aliphatic heterocycles. The van der Waals surface area contributed by atoms with E-state index in [1.54, 1.807) is 0 Å². The number of rotatable bonds is 2. The van der Waals surface area contributed by atoms with Gasteiger partial charge in [-0.05, 0) is 31.7 Å². The average molecular weight is 353 g/mol. The van der Waals surface area contributed by atoms with Crippen molar-refractivity contribution in [3.63, 3.8) is 0 Å². The molecule has 4 nitrogen and oxygen atoms in total. The standard InChI is InChI=1S/C18H22F3N3O/c1-23-14-5-3-2-4-13(14)17(23)8-6-16(7-9-17)12-22-15(25)24(16)11-10-18(19,20)21/h2-5H,6-12H2,1H3,(H,22,25)/t16-,17+. The molecule has 2 heterocycles. The highest BCUT2D eigenvalue weighted by molar-refractivity contribution is 5.78. The van der Waals surface area contributed by atoms with E-state index in [2.05, 4.69) is 29.4 Å². The molecule has 1 N–H and O–H groups in total. The van der Waals surface area contributed by atoms with E-state index in [1.165, 1.54) is 16.2 Å². The number of hydrogen-bond acceptors (Lipinski definition) is 2. The third-order valence-electron chi connectivity index (χ3n) is 6.42. The van der Waals surface area contributed by atoms with Crippen molar-refractivity contribution in [1.29, 1.82) is 0 Å². The number of carbonyl (C=O) groups excluding carboxylic acids is 1. The van der Waals surface area contributed by atoms with Gasteiger partial charge in [0.1, 0.15) is 0 Å². The number of benzene rings is 1. The number of fused-ring (bicyclic) bond motifs is 2. The van der Waals surface area contributed by atoms with Crippen molar-refractivity contribution < 1.29 is 18.0 Å². The summed E-state index contributed by atoms with van der Waals surface area (Å²) in [7, 11) is 2.08. The molecule has 2 fully saturated rings. The van der Waals surface area contributed by atoms with E-state index in [4.69, 9.17) is 0 Å². The highest BCUT2D eigenvalue weighted by Crippen LogP contribution is 2.57. The van der Waals surface area contributed by atoms with Gasteiger partial charge in [-0.25, -0.2) is 4.79 Å². The first-order valence-electron chi connectivity index (χ1n) is 8.73. The largest absolute Gasteiger partial charge is 0.390 e. The second kappa shape index (κ2) is 5.29. The minimum absolute atomic E-state index is 0.0246. The molecule has 1 aliphatic carbocycles. The number of para-hydroxylation sites is 1. The van der Waals surface area contributed by atoms with Gasteiger partial charge >= 0.3 is 12.2 Å². The van der Waals surface area contributed by atoms with Crippen LogP contribution in [0.25, 0.3) is 0 Å². The predicted octanol–water partition coefficient (Wildman–Crippen LogP) is 3.62. The summed E-state index contributed by atoms with van der Waals surface area (Å²) in [5.74, 6) is 0. The van der Waals surface area contributed by atoms with Crippen molar-refractivity contribution in [2.45, 2.75) is 49.4 Å². The van der Waals surface area contributed by atoms with Crippen LogP contribution in [0.4, 0.5) is 23.7 Å². The van der Waals surface area contributed by atoms with Gasteiger partial charge in [-0.2, -0.15) is 13.2 Å². The van der Waals surface area contributed by atoms with Gasteiger partial charge in [-0.1, -0.05) is 18.2 Å². The number of halogens is 3. The van der Waals surface area contributed by atoms with E-state index < -0.39 is 18.1 Å². The highest BCUT2D eigenvalue weighted by Gasteiger charge is 2.56. The zero-order valence-corrected chi connectivity index (χ0v) is 14.2. The van der Waals surface area contributed by atoms with Crippen molar-refractivity contribution >= 4 is 11.7 Å². The molecule has 1 aromatic rings. The molecule has 4 rings (SSSR count). The van der Waals surface area contributed by atoms with Crippen LogP contribution in [0.15, 0.2) is 24.3 Å². The van der Waals surface area contributed by atoms with Crippen LogP contribution in [-0.4, -0.2) is 42.8 Å². The number of hydrogen-bond donors (Lipinski definition) is 1. The Labute approximate surface area is 145 Å². The number of nitrogens with one attached hydrogen (secondary N) is 1. The second-order valence-electron chi connectivity index (χ2n) is 7.51. The van der Waals surface area contributed by atoms with Crippen LogP contribution in [0.1, 0.15) is 37.7 Å². The molecule has 2 spiro atoms. The molecule has 0 aromatic heterocycles. The van der Waals surface area contributed by atoms with Crippen molar-refractivity contribution in [3.05, 3.63) is 29.8 Å². The first-order chi connectivity index (χ1) is 11.8. The molecule has 1 saturated carbocycles. The number of nitrogens with zero attached hydrogens (tertiary/aromatic N) is 2. The molecule has 0 unspecified atom stereocenters. The molecular weight excluding hydrogens is 331 g/mol. The molecule has 0 bridgehead atoms. The monoisotopic (exact) mass is 353 g/mol. The van der Waals surface area contributed by atoms with Crippen LogP contribution >= 0.6 is 0 Å². The van der Waals surface area contributed by atoms with Crippen LogP contribution in [0.5, 0.6) is 0 Å². The Kier molecular flexibility index (Phi) is 3.50. The van der Waals surface area contributed by atoms with Crippen LogP contribution in [0.2, 0.25) is 0 Å². The van der Waals surface area contributed by atoms with Gasteiger partial charge in [0.05, 0.1) is 17.5 Å². The third-order valence-corrected chi connectivity index (χ3v) is 6.42. The number of carbonyl (C=O) groups is 1. The van der Waals surface area contributed by atoms with Gasteiger partial charge in [-0.15, -0.1) is 0 Å². The van der Waals surface area contributed by atoms with Gasteiger partial charge in [-0.3, -0.25) is 0 Å². The zero-order valence-electron chi connectivity index (χ0n) is 14.2. The zero-order chi connectivity index (χ0) is 17.9. The lowest BCUT2D eigenvalue weighted by atomic mass is 9.64. The van der Waals surface area contributed by atoms with Gasteiger partial charge in [0.25, 0.3) is 0 Å². The lowest BCUT2D eigenvalue weighted by molar-refractivity contribution is -0.138. The maximum absolute atomic E-state index is 12.6. The normalized spacial score (nSPS) is 31.3. The molecule has 1 aromatic carbocycles. The Morgan fingerprint density at radius 3 is 2.52 bits per heavy atom. The highest BCUT2D eigenvalue weighted by atomic mass is 19.4.